The second-order valence-electron chi connectivity index (χ2n) is 22.0. The van der Waals surface area contributed by atoms with Crippen LogP contribution in [0.25, 0.3) is 0 Å². The number of rotatable bonds is 10. The van der Waals surface area contributed by atoms with Gasteiger partial charge in [-0.15, -0.1) is 11.6 Å². The highest BCUT2D eigenvalue weighted by atomic mass is 35.5. The zero-order valence-electron chi connectivity index (χ0n) is 45.2. The number of piperidine rings is 1. The normalized spacial score (nSPS) is 21.3. The van der Waals surface area contributed by atoms with Gasteiger partial charge in [-0.1, -0.05) is 78.4 Å². The number of alkyl carbamates (subject to hydrolysis) is 1. The van der Waals surface area contributed by atoms with Crippen LogP contribution in [0.15, 0.2) is 85.5 Å². The van der Waals surface area contributed by atoms with Crippen molar-refractivity contribution < 1.29 is 65.5 Å². The summed E-state index contributed by atoms with van der Waals surface area (Å²) in [4.78, 5) is 25.3. The number of halogens is 4. The van der Waals surface area contributed by atoms with Crippen molar-refractivity contribution in [3.63, 3.8) is 0 Å². The number of hydrogen-bond acceptors (Lipinski definition) is 11. The lowest BCUT2D eigenvalue weighted by Crippen LogP contribution is -2.50. The van der Waals surface area contributed by atoms with Gasteiger partial charge in [-0.2, -0.15) is 13.2 Å². The minimum absolute atomic E-state index is 0.114. The standard InChI is InChI=1S/C18H22BF3N2O5.C14H21BO2.C12H24B2O4.C8H9Cl/c1-2-16(25)24-9-3-4-14(11-24)29-17(26)23-15(19(27)28)10-12-5-7-13(8-6-12)18(20,21)22;1-11-6-8-12(9-7-11)10-15-16-13(2,3)14(4,5)17-15;1-9(2)10(3,4)16-13(15-9)14-17-11(5,6)12(7,8)18-14;1-7-2-4-8(6-9)5-3-7/h2,5-8,14-15,27-28H,1,3-4,9-11H2,(H,23,26);6-9H,10H2,1-5H3;1-8H3;2-5H,6H2,1H3/t14-,15-;;;/m0.../s1. The molecule has 7 rings (SSSR count). The molecule has 13 nitrogen and oxygen atoms in total. The highest BCUT2D eigenvalue weighted by molar-refractivity contribution is 7.11. The molecule has 400 valence electrons. The average Bonchev–Trinajstić information content (AvgIpc) is 3.76. The van der Waals surface area contributed by atoms with E-state index >= 15 is 0 Å². The molecule has 0 aromatic heterocycles. The summed E-state index contributed by atoms with van der Waals surface area (Å²) < 4.78 is 78.9. The monoisotopic (exact) mass is 1040 g/mol. The smallest absolute Gasteiger partial charge is 0.444 e. The van der Waals surface area contributed by atoms with E-state index < -0.39 is 51.0 Å². The molecule has 4 saturated heterocycles. The number of ether oxygens (including phenoxy) is 1. The van der Waals surface area contributed by atoms with Gasteiger partial charge in [0.05, 0.1) is 51.7 Å². The average molecular weight is 1040 g/mol. The van der Waals surface area contributed by atoms with Crippen LogP contribution in [0.3, 0.4) is 0 Å². The van der Waals surface area contributed by atoms with E-state index in [0.717, 1.165) is 18.5 Å². The molecule has 0 bridgehead atoms. The fraction of sp³-hybridized carbons (Fsp3) is 0.577. The Bertz CT molecular complexity index is 2190. The second kappa shape index (κ2) is 24.9. The molecule has 73 heavy (non-hydrogen) atoms. The summed E-state index contributed by atoms with van der Waals surface area (Å²) in [5.41, 5.74) is 2.64. The van der Waals surface area contributed by atoms with Crippen molar-refractivity contribution in [1.82, 2.24) is 10.2 Å². The quantitative estimate of drug-likeness (QED) is 0.101. The van der Waals surface area contributed by atoms with Crippen LogP contribution in [-0.4, -0.2) is 114 Å². The number of carbonyl (C=O) groups is 2. The van der Waals surface area contributed by atoms with Gasteiger partial charge in [-0.25, -0.2) is 4.79 Å². The Morgan fingerprint density at radius 2 is 1.15 bits per heavy atom. The first-order valence-electron chi connectivity index (χ1n) is 24.8. The van der Waals surface area contributed by atoms with Crippen LogP contribution in [0.1, 0.15) is 129 Å². The van der Waals surface area contributed by atoms with Crippen molar-refractivity contribution in [2.75, 3.05) is 13.1 Å². The van der Waals surface area contributed by atoms with Crippen LogP contribution >= 0.6 is 11.6 Å². The number of nitrogens with zero attached hydrogens (tertiary/aromatic N) is 1. The van der Waals surface area contributed by atoms with Crippen LogP contribution in [0, 0.1) is 13.8 Å². The van der Waals surface area contributed by atoms with Crippen LogP contribution in [0.2, 0.25) is 0 Å². The Morgan fingerprint density at radius 1 is 0.740 bits per heavy atom. The van der Waals surface area contributed by atoms with Crippen molar-refractivity contribution in [2.45, 2.75) is 180 Å². The van der Waals surface area contributed by atoms with Crippen LogP contribution in [-0.2, 0) is 62.3 Å². The summed E-state index contributed by atoms with van der Waals surface area (Å²) in [5, 5.41) is 21.3. The minimum atomic E-state index is -4.47. The molecule has 2 amide bonds. The Hall–Kier alpha value is -3.84. The molecule has 3 N–H and O–H groups in total. The van der Waals surface area contributed by atoms with E-state index in [9.17, 15) is 32.8 Å². The molecule has 4 aliphatic rings. The number of benzene rings is 3. The molecule has 0 radical (unpaired) electrons. The number of amides is 2. The van der Waals surface area contributed by atoms with E-state index in [1.165, 1.54) is 45.4 Å². The molecule has 0 saturated carbocycles. The second-order valence-corrected chi connectivity index (χ2v) is 22.2. The van der Waals surface area contributed by atoms with Crippen molar-refractivity contribution in [2.24, 2.45) is 0 Å². The molecule has 4 heterocycles. The first kappa shape index (κ1) is 61.7. The summed E-state index contributed by atoms with van der Waals surface area (Å²) >= 11 is 5.58. The van der Waals surface area contributed by atoms with Crippen molar-refractivity contribution in [3.8, 4) is 0 Å². The van der Waals surface area contributed by atoms with Gasteiger partial charge in [0.1, 0.15) is 6.10 Å². The van der Waals surface area contributed by atoms with Gasteiger partial charge in [-0.3, -0.25) is 4.79 Å². The lowest BCUT2D eigenvalue weighted by Gasteiger charge is -2.32. The largest absolute Gasteiger partial charge is 0.488 e. The van der Waals surface area contributed by atoms with Gasteiger partial charge in [-0.05, 0) is 151 Å². The maximum Gasteiger partial charge on any atom is 0.488 e. The molecule has 21 heteroatoms. The van der Waals surface area contributed by atoms with E-state index in [1.807, 2.05) is 67.5 Å². The number of alkyl halides is 4. The van der Waals surface area contributed by atoms with E-state index in [1.54, 1.807) is 0 Å². The Balaban J connectivity index is 0.000000226. The zero-order valence-corrected chi connectivity index (χ0v) is 45.9. The van der Waals surface area contributed by atoms with Crippen molar-refractivity contribution in [1.29, 1.82) is 0 Å². The van der Waals surface area contributed by atoms with Gasteiger partial charge in [0, 0.05) is 18.7 Å². The number of carbonyl (C=O) groups excluding carboxylic acids is 2. The number of likely N-dealkylation sites (tertiary alicyclic amines) is 1. The van der Waals surface area contributed by atoms with Crippen LogP contribution < -0.4 is 5.32 Å². The first-order chi connectivity index (χ1) is 33.6. The van der Waals surface area contributed by atoms with Gasteiger partial charge in [0.15, 0.2) is 0 Å². The Kier molecular flexibility index (Phi) is 21.0. The molecular weight excluding hydrogens is 964 g/mol. The maximum atomic E-state index is 12.6. The Labute approximate surface area is 438 Å². The number of aryl methyl sites for hydroxylation is 2. The summed E-state index contributed by atoms with van der Waals surface area (Å²) in [6, 6.07) is 20.9. The highest BCUT2D eigenvalue weighted by Gasteiger charge is 2.63. The summed E-state index contributed by atoms with van der Waals surface area (Å²) in [6.07, 6.45) is -2.90. The fourth-order valence-corrected chi connectivity index (χ4v) is 7.84. The van der Waals surface area contributed by atoms with Crippen LogP contribution in [0.4, 0.5) is 18.0 Å². The fourth-order valence-electron chi connectivity index (χ4n) is 7.66. The van der Waals surface area contributed by atoms with Gasteiger partial charge < -0.3 is 52.9 Å². The third-order valence-electron chi connectivity index (χ3n) is 14.4. The predicted octanol–water partition coefficient (Wildman–Crippen LogP) is 9.68. The van der Waals surface area contributed by atoms with Gasteiger partial charge in [0.25, 0.3) is 0 Å². The van der Waals surface area contributed by atoms with E-state index in [0.29, 0.717) is 30.8 Å². The maximum absolute atomic E-state index is 12.6. The molecule has 3 aromatic carbocycles. The van der Waals surface area contributed by atoms with E-state index in [2.05, 4.69) is 89.8 Å². The number of hydrogen-bond donors (Lipinski definition) is 3. The Morgan fingerprint density at radius 3 is 1.55 bits per heavy atom. The number of nitrogens with one attached hydrogen (secondary N) is 1. The molecule has 2 atom stereocenters. The van der Waals surface area contributed by atoms with Gasteiger partial charge in [0.2, 0.25) is 5.91 Å². The zero-order chi connectivity index (χ0) is 55.0. The lowest BCUT2D eigenvalue weighted by molar-refractivity contribution is -0.137. The van der Waals surface area contributed by atoms with E-state index in [-0.39, 0.29) is 59.6 Å². The van der Waals surface area contributed by atoms with Crippen LogP contribution in [0.5, 0.6) is 0 Å². The molecule has 4 aliphatic heterocycles. The topological polar surface area (TPSA) is 154 Å². The molecule has 4 fully saturated rings. The third-order valence-corrected chi connectivity index (χ3v) is 14.7. The molecule has 0 spiro atoms. The SMILES string of the molecule is C=CC(=O)N1CCC[C@H](OC(=O)N[C@@H](Cc2ccc(C(F)(F)F)cc2)B(O)O)C1.CC1(C)OB(B2OC(C)(C)C(C)(C)O2)OC1(C)C.Cc1ccc(CB2OC(C)(C)C(C)(C)O2)cc1.Cc1ccc(CCl)cc1. The molecule has 3 aromatic rings. The molecular formula is C52H76B4ClF3N2O11. The summed E-state index contributed by atoms with van der Waals surface area (Å²) in [7, 11) is -3.04. The van der Waals surface area contributed by atoms with Gasteiger partial charge >= 0.3 is 40.5 Å². The summed E-state index contributed by atoms with van der Waals surface area (Å²) in [5.74, 6) is -0.848. The van der Waals surface area contributed by atoms with Crippen molar-refractivity contribution in [3.05, 3.63) is 119 Å². The summed E-state index contributed by atoms with van der Waals surface area (Å²) in [6.45, 7) is 32.8. The highest BCUT2D eigenvalue weighted by Crippen LogP contribution is 2.43. The first-order valence-corrected chi connectivity index (χ1v) is 25.3. The van der Waals surface area contributed by atoms with E-state index in [4.69, 9.17) is 44.3 Å². The third kappa shape index (κ3) is 17.3. The van der Waals surface area contributed by atoms with Crippen molar-refractivity contribution >= 4 is 51.9 Å². The predicted molar refractivity (Wildman–Crippen MR) is 282 cm³/mol. The lowest BCUT2D eigenvalue weighted by atomic mass is 9.49. The molecule has 0 aliphatic carbocycles. The minimum Gasteiger partial charge on any atom is -0.444 e. The molecule has 0 unspecified atom stereocenters.